The van der Waals surface area contributed by atoms with Gasteiger partial charge in [0.2, 0.25) is 5.91 Å². The Kier molecular flexibility index (Phi) is 4.12. The molecule has 0 aliphatic carbocycles. The molecule has 5 heteroatoms. The molecular weight excluding hydrogens is 220 g/mol. The molecule has 0 aromatic rings. The molecule has 0 aromatic heterocycles. The van der Waals surface area contributed by atoms with Crippen LogP contribution in [0.3, 0.4) is 0 Å². The van der Waals surface area contributed by atoms with Crippen LogP contribution in [0.5, 0.6) is 0 Å². The molecule has 2 aliphatic rings. The summed E-state index contributed by atoms with van der Waals surface area (Å²) in [6.45, 7) is 6.93. The molecule has 0 bridgehead atoms. The number of nitrogens with zero attached hydrogens (tertiary/aromatic N) is 2. The van der Waals surface area contributed by atoms with E-state index in [4.69, 9.17) is 4.74 Å². The van der Waals surface area contributed by atoms with Crippen molar-refractivity contribution in [1.29, 1.82) is 0 Å². The van der Waals surface area contributed by atoms with E-state index < -0.39 is 0 Å². The van der Waals surface area contributed by atoms with Gasteiger partial charge < -0.3 is 9.64 Å². The van der Waals surface area contributed by atoms with E-state index in [-0.39, 0.29) is 24.2 Å². The van der Waals surface area contributed by atoms with E-state index in [9.17, 15) is 9.59 Å². The standard InChI is InChI=1S/C12H20N2O3/c1-2-13-5-6-17-11(8-13)9-14-4-3-10(15)7-12(14)16/h11H,2-9H2,1H3. The van der Waals surface area contributed by atoms with Gasteiger partial charge in [-0.15, -0.1) is 0 Å². The zero-order valence-corrected chi connectivity index (χ0v) is 10.4. The third-order valence-electron chi connectivity index (χ3n) is 3.46. The lowest BCUT2D eigenvalue weighted by atomic mass is 10.1. The van der Waals surface area contributed by atoms with Crippen LogP contribution in [0, 0.1) is 0 Å². The summed E-state index contributed by atoms with van der Waals surface area (Å²) in [5.74, 6) is 0.0180. The fourth-order valence-corrected chi connectivity index (χ4v) is 2.37. The molecule has 1 atom stereocenters. The van der Waals surface area contributed by atoms with Crippen molar-refractivity contribution in [1.82, 2.24) is 9.80 Å². The number of morpholine rings is 1. The first-order chi connectivity index (χ1) is 8.19. The highest BCUT2D eigenvalue weighted by atomic mass is 16.5. The molecular formula is C12H20N2O3. The van der Waals surface area contributed by atoms with Crippen molar-refractivity contribution < 1.29 is 14.3 Å². The molecule has 2 heterocycles. The molecule has 0 aromatic carbocycles. The van der Waals surface area contributed by atoms with Crippen molar-refractivity contribution in [3.05, 3.63) is 0 Å². The lowest BCUT2D eigenvalue weighted by Gasteiger charge is -2.36. The number of hydrogen-bond donors (Lipinski definition) is 0. The Morgan fingerprint density at radius 2 is 2.18 bits per heavy atom. The summed E-state index contributed by atoms with van der Waals surface area (Å²) in [4.78, 5) is 26.9. The number of ether oxygens (including phenoxy) is 1. The molecule has 1 unspecified atom stereocenters. The van der Waals surface area contributed by atoms with Crippen LogP contribution in [0.15, 0.2) is 0 Å². The highest BCUT2D eigenvalue weighted by Gasteiger charge is 2.28. The smallest absolute Gasteiger partial charge is 0.230 e. The predicted molar refractivity (Wildman–Crippen MR) is 62.7 cm³/mol. The van der Waals surface area contributed by atoms with Crippen LogP contribution in [0.2, 0.25) is 0 Å². The van der Waals surface area contributed by atoms with Gasteiger partial charge in [-0.25, -0.2) is 0 Å². The van der Waals surface area contributed by atoms with Crippen LogP contribution in [0.4, 0.5) is 0 Å². The van der Waals surface area contributed by atoms with Crippen molar-refractivity contribution >= 4 is 11.7 Å². The van der Waals surface area contributed by atoms with E-state index in [0.29, 0.717) is 19.5 Å². The van der Waals surface area contributed by atoms with Gasteiger partial charge in [0.15, 0.2) is 0 Å². The molecule has 17 heavy (non-hydrogen) atoms. The van der Waals surface area contributed by atoms with Crippen molar-refractivity contribution in [2.24, 2.45) is 0 Å². The topological polar surface area (TPSA) is 49.9 Å². The maximum atomic E-state index is 11.7. The monoisotopic (exact) mass is 240 g/mol. The molecule has 2 rings (SSSR count). The fraction of sp³-hybridized carbons (Fsp3) is 0.833. The molecule has 1 amide bonds. The van der Waals surface area contributed by atoms with Crippen molar-refractivity contribution in [3.8, 4) is 0 Å². The van der Waals surface area contributed by atoms with Crippen LogP contribution in [-0.4, -0.2) is 66.9 Å². The second kappa shape index (κ2) is 5.60. The first-order valence-electron chi connectivity index (χ1n) is 6.32. The molecule has 2 saturated heterocycles. The maximum absolute atomic E-state index is 11.7. The second-order valence-corrected chi connectivity index (χ2v) is 4.69. The summed E-state index contributed by atoms with van der Waals surface area (Å²) < 4.78 is 5.67. The first-order valence-corrected chi connectivity index (χ1v) is 6.32. The van der Waals surface area contributed by atoms with E-state index in [1.807, 2.05) is 0 Å². The van der Waals surface area contributed by atoms with Crippen molar-refractivity contribution in [2.45, 2.75) is 25.9 Å². The summed E-state index contributed by atoms with van der Waals surface area (Å²) in [6, 6.07) is 0. The third kappa shape index (κ3) is 3.26. The van der Waals surface area contributed by atoms with Crippen molar-refractivity contribution in [2.75, 3.05) is 39.3 Å². The molecule has 0 saturated carbocycles. The summed E-state index contributed by atoms with van der Waals surface area (Å²) in [5.41, 5.74) is 0. The largest absolute Gasteiger partial charge is 0.374 e. The Labute approximate surface area is 102 Å². The average Bonchev–Trinajstić information content (AvgIpc) is 2.33. The lowest BCUT2D eigenvalue weighted by Crippen LogP contribution is -2.50. The summed E-state index contributed by atoms with van der Waals surface area (Å²) in [7, 11) is 0. The summed E-state index contributed by atoms with van der Waals surface area (Å²) in [5, 5.41) is 0. The number of likely N-dealkylation sites (N-methyl/N-ethyl adjacent to an activating group) is 1. The van der Waals surface area contributed by atoms with Crippen LogP contribution >= 0.6 is 0 Å². The summed E-state index contributed by atoms with van der Waals surface area (Å²) >= 11 is 0. The molecule has 5 nitrogen and oxygen atoms in total. The van der Waals surface area contributed by atoms with Gasteiger partial charge in [-0.2, -0.15) is 0 Å². The Balaban J connectivity index is 1.83. The minimum atomic E-state index is -0.0431. The first kappa shape index (κ1) is 12.5. The van der Waals surface area contributed by atoms with Crippen LogP contribution in [0.25, 0.3) is 0 Å². The van der Waals surface area contributed by atoms with Crippen LogP contribution in [0.1, 0.15) is 19.8 Å². The number of amides is 1. The lowest BCUT2D eigenvalue weighted by molar-refractivity contribution is -0.142. The Morgan fingerprint density at radius 1 is 1.35 bits per heavy atom. The Morgan fingerprint density at radius 3 is 2.88 bits per heavy atom. The Hall–Kier alpha value is -0.940. The van der Waals surface area contributed by atoms with Gasteiger partial charge in [-0.05, 0) is 6.54 Å². The number of hydrogen-bond acceptors (Lipinski definition) is 4. The highest BCUT2D eigenvalue weighted by Crippen LogP contribution is 2.12. The second-order valence-electron chi connectivity index (χ2n) is 4.69. The van der Waals surface area contributed by atoms with Gasteiger partial charge >= 0.3 is 0 Å². The van der Waals surface area contributed by atoms with E-state index in [0.717, 1.165) is 26.2 Å². The van der Waals surface area contributed by atoms with Gasteiger partial charge in [0.1, 0.15) is 5.78 Å². The van der Waals surface area contributed by atoms with E-state index in [2.05, 4.69) is 11.8 Å². The number of carbonyl (C=O) groups is 2. The van der Waals surface area contributed by atoms with Gasteiger partial charge in [0, 0.05) is 32.6 Å². The van der Waals surface area contributed by atoms with Gasteiger partial charge in [0.25, 0.3) is 0 Å². The number of rotatable bonds is 3. The zero-order valence-electron chi connectivity index (χ0n) is 10.4. The van der Waals surface area contributed by atoms with E-state index in [1.54, 1.807) is 4.90 Å². The van der Waals surface area contributed by atoms with Gasteiger partial charge in [-0.3, -0.25) is 14.5 Å². The quantitative estimate of drug-likeness (QED) is 0.646. The van der Waals surface area contributed by atoms with E-state index >= 15 is 0 Å². The minimum absolute atomic E-state index is 0.0431. The number of piperidine rings is 1. The van der Waals surface area contributed by atoms with Gasteiger partial charge in [-0.1, -0.05) is 6.92 Å². The molecule has 0 radical (unpaired) electrons. The molecule has 0 spiro atoms. The average molecular weight is 240 g/mol. The number of Topliss-reactive ketones (excluding diaryl/α,β-unsaturated/α-hetero) is 1. The number of carbonyl (C=O) groups excluding carboxylic acids is 2. The normalized spacial score (nSPS) is 27.6. The Bertz CT molecular complexity index is 306. The van der Waals surface area contributed by atoms with Crippen LogP contribution in [-0.2, 0) is 14.3 Å². The molecule has 2 fully saturated rings. The SMILES string of the molecule is CCN1CCOC(CN2CCC(=O)CC2=O)C1. The molecule has 0 N–H and O–H groups in total. The summed E-state index contributed by atoms with van der Waals surface area (Å²) in [6.07, 6.45) is 0.668. The van der Waals surface area contributed by atoms with Crippen LogP contribution < -0.4 is 0 Å². The minimum Gasteiger partial charge on any atom is -0.374 e. The third-order valence-corrected chi connectivity index (χ3v) is 3.46. The predicted octanol–water partition coefficient (Wildman–Crippen LogP) is -0.101. The highest BCUT2D eigenvalue weighted by molar-refractivity contribution is 6.00. The molecule has 96 valence electrons. The number of likely N-dealkylation sites (tertiary alicyclic amines) is 1. The van der Waals surface area contributed by atoms with Gasteiger partial charge in [0.05, 0.1) is 19.1 Å². The fourth-order valence-electron chi connectivity index (χ4n) is 2.37. The molecule has 2 aliphatic heterocycles. The maximum Gasteiger partial charge on any atom is 0.230 e. The van der Waals surface area contributed by atoms with Crippen molar-refractivity contribution in [3.63, 3.8) is 0 Å². The number of ketones is 1. The zero-order chi connectivity index (χ0) is 12.3. The van der Waals surface area contributed by atoms with E-state index in [1.165, 1.54) is 0 Å².